The molecule has 2 aromatic carbocycles. The summed E-state index contributed by atoms with van der Waals surface area (Å²) >= 11 is 6.02. The topological polar surface area (TPSA) is 56.1 Å². The van der Waals surface area contributed by atoms with Gasteiger partial charge in [-0.1, -0.05) is 29.8 Å². The van der Waals surface area contributed by atoms with Crippen LogP contribution in [0.2, 0.25) is 5.02 Å². The summed E-state index contributed by atoms with van der Waals surface area (Å²) in [7, 11) is 1.57. The average Bonchev–Trinajstić information content (AvgIpc) is 2.94. The van der Waals surface area contributed by atoms with Crippen molar-refractivity contribution < 1.29 is 9.53 Å². The SMILES string of the molecule is COc1cccc(C(=O)Nc2cc(C)n(Cc3cccc(Cl)c3)n2)c1. The maximum atomic E-state index is 12.4. The Kier molecular flexibility index (Phi) is 5.05. The summed E-state index contributed by atoms with van der Waals surface area (Å²) in [5, 5.41) is 7.96. The second-order valence-electron chi connectivity index (χ2n) is 5.64. The van der Waals surface area contributed by atoms with Crippen molar-refractivity contribution in [2.24, 2.45) is 0 Å². The molecule has 3 rings (SSSR count). The lowest BCUT2D eigenvalue weighted by molar-refractivity contribution is 0.102. The first-order valence-electron chi connectivity index (χ1n) is 7.79. The van der Waals surface area contributed by atoms with E-state index in [0.717, 1.165) is 11.3 Å². The zero-order chi connectivity index (χ0) is 17.8. The zero-order valence-electron chi connectivity index (χ0n) is 14.0. The van der Waals surface area contributed by atoms with E-state index in [1.807, 2.05) is 41.9 Å². The fraction of sp³-hybridized carbons (Fsp3) is 0.158. The molecule has 128 valence electrons. The molecule has 0 saturated heterocycles. The Morgan fingerprint density at radius 3 is 2.76 bits per heavy atom. The Balaban J connectivity index is 1.74. The molecule has 0 fully saturated rings. The Labute approximate surface area is 151 Å². The predicted octanol–water partition coefficient (Wildman–Crippen LogP) is 4.15. The van der Waals surface area contributed by atoms with Crippen LogP contribution in [0.15, 0.2) is 54.6 Å². The maximum Gasteiger partial charge on any atom is 0.256 e. The standard InChI is InChI=1S/C19H18ClN3O2/c1-13-9-18(21-19(24)15-6-4-8-17(11-15)25-2)22-23(13)12-14-5-3-7-16(20)10-14/h3-11H,12H2,1-2H3,(H,21,22,24). The largest absolute Gasteiger partial charge is 0.497 e. The number of hydrogen-bond acceptors (Lipinski definition) is 3. The summed E-state index contributed by atoms with van der Waals surface area (Å²) in [4.78, 5) is 12.4. The number of amides is 1. The van der Waals surface area contributed by atoms with Gasteiger partial charge in [0.05, 0.1) is 13.7 Å². The lowest BCUT2D eigenvalue weighted by atomic mass is 10.2. The summed E-state index contributed by atoms with van der Waals surface area (Å²) in [6.07, 6.45) is 0. The molecule has 1 aromatic heterocycles. The van der Waals surface area contributed by atoms with Gasteiger partial charge >= 0.3 is 0 Å². The number of hydrogen-bond donors (Lipinski definition) is 1. The molecule has 0 unspecified atom stereocenters. The summed E-state index contributed by atoms with van der Waals surface area (Å²) in [5.74, 6) is 0.911. The maximum absolute atomic E-state index is 12.4. The van der Waals surface area contributed by atoms with E-state index < -0.39 is 0 Å². The molecule has 1 amide bonds. The molecule has 1 N–H and O–H groups in total. The van der Waals surface area contributed by atoms with Crippen LogP contribution in [0.25, 0.3) is 0 Å². The van der Waals surface area contributed by atoms with E-state index in [-0.39, 0.29) is 5.91 Å². The van der Waals surface area contributed by atoms with Crippen molar-refractivity contribution >= 4 is 23.3 Å². The number of aryl methyl sites for hydroxylation is 1. The Bertz CT molecular complexity index is 905. The molecule has 0 bridgehead atoms. The molecule has 0 aliphatic rings. The first-order chi connectivity index (χ1) is 12.0. The van der Waals surface area contributed by atoms with Gasteiger partial charge < -0.3 is 10.1 Å². The Morgan fingerprint density at radius 2 is 2.00 bits per heavy atom. The van der Waals surface area contributed by atoms with Crippen LogP contribution in [-0.4, -0.2) is 22.8 Å². The number of carbonyl (C=O) groups excluding carboxylic acids is 1. The second kappa shape index (κ2) is 7.40. The highest BCUT2D eigenvalue weighted by atomic mass is 35.5. The lowest BCUT2D eigenvalue weighted by Gasteiger charge is -2.06. The van der Waals surface area contributed by atoms with E-state index in [1.54, 1.807) is 31.4 Å². The molecule has 0 radical (unpaired) electrons. The van der Waals surface area contributed by atoms with Crippen molar-refractivity contribution in [1.29, 1.82) is 0 Å². The molecule has 0 aliphatic carbocycles. The first kappa shape index (κ1) is 17.0. The minimum Gasteiger partial charge on any atom is -0.497 e. The quantitative estimate of drug-likeness (QED) is 0.747. The monoisotopic (exact) mass is 355 g/mol. The number of anilines is 1. The molecular formula is C19H18ClN3O2. The van der Waals surface area contributed by atoms with Gasteiger partial charge in [-0.15, -0.1) is 0 Å². The minimum atomic E-state index is -0.230. The number of nitrogens with one attached hydrogen (secondary N) is 1. The molecule has 25 heavy (non-hydrogen) atoms. The highest BCUT2D eigenvalue weighted by molar-refractivity contribution is 6.30. The summed E-state index contributed by atoms with van der Waals surface area (Å²) in [6, 6.07) is 16.4. The van der Waals surface area contributed by atoms with Gasteiger partial charge in [0.1, 0.15) is 5.75 Å². The molecule has 0 atom stereocenters. The molecule has 1 heterocycles. The third-order valence-electron chi connectivity index (χ3n) is 3.78. The van der Waals surface area contributed by atoms with Gasteiger partial charge in [-0.25, -0.2) is 0 Å². The normalized spacial score (nSPS) is 10.5. The first-order valence-corrected chi connectivity index (χ1v) is 8.17. The van der Waals surface area contributed by atoms with Crippen molar-refractivity contribution in [3.8, 4) is 5.75 Å². The summed E-state index contributed by atoms with van der Waals surface area (Å²) < 4.78 is 6.97. The number of halogens is 1. The van der Waals surface area contributed by atoms with Gasteiger partial charge in [-0.05, 0) is 42.8 Å². The molecule has 6 heteroatoms. The molecular weight excluding hydrogens is 338 g/mol. The lowest BCUT2D eigenvalue weighted by Crippen LogP contribution is -2.13. The molecule has 0 aliphatic heterocycles. The molecule has 3 aromatic rings. The van der Waals surface area contributed by atoms with Gasteiger partial charge in [-0.2, -0.15) is 5.10 Å². The van der Waals surface area contributed by atoms with Crippen LogP contribution >= 0.6 is 11.6 Å². The van der Waals surface area contributed by atoms with Crippen LogP contribution in [0.1, 0.15) is 21.6 Å². The van der Waals surface area contributed by atoms with Gasteiger partial charge in [-0.3, -0.25) is 9.48 Å². The summed E-state index contributed by atoms with van der Waals surface area (Å²) in [5.41, 5.74) is 2.51. The van der Waals surface area contributed by atoms with E-state index >= 15 is 0 Å². The van der Waals surface area contributed by atoms with E-state index in [9.17, 15) is 4.79 Å². The van der Waals surface area contributed by atoms with E-state index in [2.05, 4.69) is 10.4 Å². The number of rotatable bonds is 5. The third kappa shape index (κ3) is 4.19. The molecule has 0 saturated carbocycles. The smallest absolute Gasteiger partial charge is 0.256 e. The molecule has 5 nitrogen and oxygen atoms in total. The zero-order valence-corrected chi connectivity index (χ0v) is 14.7. The fourth-order valence-electron chi connectivity index (χ4n) is 2.49. The van der Waals surface area contributed by atoms with Crippen molar-refractivity contribution in [2.75, 3.05) is 12.4 Å². The summed E-state index contributed by atoms with van der Waals surface area (Å²) in [6.45, 7) is 2.53. The van der Waals surface area contributed by atoms with Gasteiger partial charge in [0.25, 0.3) is 5.91 Å². The Morgan fingerprint density at radius 1 is 1.20 bits per heavy atom. The van der Waals surface area contributed by atoms with Gasteiger partial charge in [0.15, 0.2) is 5.82 Å². The average molecular weight is 356 g/mol. The number of nitrogens with zero attached hydrogens (tertiary/aromatic N) is 2. The van der Waals surface area contributed by atoms with Crippen LogP contribution in [0.3, 0.4) is 0 Å². The number of benzene rings is 2. The van der Waals surface area contributed by atoms with Crippen LogP contribution in [0.4, 0.5) is 5.82 Å². The molecule has 0 spiro atoms. The highest BCUT2D eigenvalue weighted by Crippen LogP contribution is 2.17. The number of ether oxygens (including phenoxy) is 1. The number of aromatic nitrogens is 2. The number of methoxy groups -OCH3 is 1. The fourth-order valence-corrected chi connectivity index (χ4v) is 2.71. The van der Waals surface area contributed by atoms with Crippen molar-refractivity contribution in [2.45, 2.75) is 13.5 Å². The van der Waals surface area contributed by atoms with Gasteiger partial charge in [0, 0.05) is 22.3 Å². The van der Waals surface area contributed by atoms with Crippen molar-refractivity contribution in [3.05, 3.63) is 76.4 Å². The van der Waals surface area contributed by atoms with Crippen LogP contribution in [0, 0.1) is 6.92 Å². The second-order valence-corrected chi connectivity index (χ2v) is 6.08. The Hall–Kier alpha value is -2.79. The predicted molar refractivity (Wildman–Crippen MR) is 98.5 cm³/mol. The van der Waals surface area contributed by atoms with Crippen molar-refractivity contribution in [1.82, 2.24) is 9.78 Å². The highest BCUT2D eigenvalue weighted by Gasteiger charge is 2.11. The van der Waals surface area contributed by atoms with E-state index in [4.69, 9.17) is 16.3 Å². The van der Waals surface area contributed by atoms with Crippen LogP contribution in [-0.2, 0) is 6.54 Å². The van der Waals surface area contributed by atoms with Crippen LogP contribution < -0.4 is 10.1 Å². The number of carbonyl (C=O) groups is 1. The van der Waals surface area contributed by atoms with E-state index in [1.165, 1.54) is 0 Å². The van der Waals surface area contributed by atoms with Crippen molar-refractivity contribution in [3.63, 3.8) is 0 Å². The van der Waals surface area contributed by atoms with E-state index in [0.29, 0.717) is 28.7 Å². The minimum absolute atomic E-state index is 0.230. The van der Waals surface area contributed by atoms with Crippen LogP contribution in [0.5, 0.6) is 5.75 Å². The third-order valence-corrected chi connectivity index (χ3v) is 4.01. The van der Waals surface area contributed by atoms with Gasteiger partial charge in [0.2, 0.25) is 0 Å².